The maximum absolute atomic E-state index is 12.9. The van der Waals surface area contributed by atoms with Gasteiger partial charge < -0.3 is 19.1 Å². The fraction of sp³-hybridized carbons (Fsp3) is 0.391. The molecule has 1 heterocycles. The SMILES string of the molecule is COc1cc(C#N)ccc1OCCCC(=O)N1CCCc2c(C)ccc(OC)c21. The Morgan fingerprint density at radius 2 is 1.90 bits per heavy atom. The van der Waals surface area contributed by atoms with E-state index in [0.29, 0.717) is 43.1 Å². The van der Waals surface area contributed by atoms with Gasteiger partial charge in [0.1, 0.15) is 5.75 Å². The van der Waals surface area contributed by atoms with Gasteiger partial charge in [0.2, 0.25) is 5.91 Å². The van der Waals surface area contributed by atoms with E-state index in [1.165, 1.54) is 18.2 Å². The van der Waals surface area contributed by atoms with Crippen molar-refractivity contribution < 1.29 is 19.0 Å². The van der Waals surface area contributed by atoms with Crippen molar-refractivity contribution in [2.75, 3.05) is 32.3 Å². The van der Waals surface area contributed by atoms with E-state index in [2.05, 4.69) is 13.0 Å². The minimum Gasteiger partial charge on any atom is -0.495 e. The first kappa shape index (κ1) is 20.5. The molecule has 6 nitrogen and oxygen atoms in total. The van der Waals surface area contributed by atoms with Gasteiger partial charge in [-0.1, -0.05) is 6.07 Å². The summed E-state index contributed by atoms with van der Waals surface area (Å²) in [6.07, 6.45) is 2.88. The van der Waals surface area contributed by atoms with Gasteiger partial charge in [0.25, 0.3) is 0 Å². The van der Waals surface area contributed by atoms with Gasteiger partial charge in [-0.2, -0.15) is 5.26 Å². The van der Waals surface area contributed by atoms with E-state index in [1.807, 2.05) is 17.0 Å². The molecule has 152 valence electrons. The Bertz CT molecular complexity index is 933. The number of anilines is 1. The van der Waals surface area contributed by atoms with Gasteiger partial charge in [0.05, 0.1) is 38.1 Å². The Balaban J connectivity index is 1.62. The minimum absolute atomic E-state index is 0.0743. The van der Waals surface area contributed by atoms with Crippen LogP contribution < -0.4 is 19.1 Å². The topological polar surface area (TPSA) is 71.8 Å². The van der Waals surface area contributed by atoms with Crippen molar-refractivity contribution in [3.63, 3.8) is 0 Å². The summed E-state index contributed by atoms with van der Waals surface area (Å²) >= 11 is 0. The van der Waals surface area contributed by atoms with Crippen LogP contribution in [0.25, 0.3) is 0 Å². The smallest absolute Gasteiger partial charge is 0.227 e. The van der Waals surface area contributed by atoms with Crippen molar-refractivity contribution in [2.24, 2.45) is 0 Å². The van der Waals surface area contributed by atoms with E-state index in [9.17, 15) is 4.79 Å². The number of methoxy groups -OCH3 is 2. The second kappa shape index (κ2) is 9.33. The van der Waals surface area contributed by atoms with Crippen LogP contribution in [0.1, 0.15) is 36.0 Å². The van der Waals surface area contributed by atoms with Gasteiger partial charge in [0, 0.05) is 19.0 Å². The second-order valence-electron chi connectivity index (χ2n) is 6.99. The standard InChI is InChI=1S/C23H26N2O4/c1-16-8-10-20(27-2)23-18(16)6-4-12-25(23)22(26)7-5-13-29-19-11-9-17(15-24)14-21(19)28-3/h8-11,14H,4-7,12-13H2,1-3H3. The summed E-state index contributed by atoms with van der Waals surface area (Å²) in [5.74, 6) is 1.91. The molecule has 0 aromatic heterocycles. The van der Waals surface area contributed by atoms with Crippen molar-refractivity contribution in [1.29, 1.82) is 5.26 Å². The highest BCUT2D eigenvalue weighted by molar-refractivity contribution is 5.96. The van der Waals surface area contributed by atoms with Gasteiger partial charge in [0.15, 0.2) is 11.5 Å². The molecule has 1 aliphatic rings. The largest absolute Gasteiger partial charge is 0.495 e. The quantitative estimate of drug-likeness (QED) is 0.663. The van der Waals surface area contributed by atoms with Crippen LogP contribution in [-0.2, 0) is 11.2 Å². The maximum Gasteiger partial charge on any atom is 0.227 e. The number of fused-ring (bicyclic) bond motifs is 1. The molecule has 3 rings (SSSR count). The predicted octanol–water partition coefficient (Wildman–Crippen LogP) is 4.02. The van der Waals surface area contributed by atoms with Crippen LogP contribution in [0.4, 0.5) is 5.69 Å². The summed E-state index contributed by atoms with van der Waals surface area (Å²) in [6, 6.07) is 11.1. The lowest BCUT2D eigenvalue weighted by molar-refractivity contribution is -0.118. The number of hydrogen-bond donors (Lipinski definition) is 0. The molecule has 0 radical (unpaired) electrons. The van der Waals surface area contributed by atoms with E-state index in [4.69, 9.17) is 19.5 Å². The number of hydrogen-bond acceptors (Lipinski definition) is 5. The number of rotatable bonds is 7. The number of nitriles is 1. The molecule has 0 bridgehead atoms. The van der Waals surface area contributed by atoms with Crippen molar-refractivity contribution in [2.45, 2.75) is 32.6 Å². The van der Waals surface area contributed by atoms with Crippen LogP contribution in [0.15, 0.2) is 30.3 Å². The molecule has 2 aromatic rings. The normalized spacial score (nSPS) is 12.7. The molecule has 6 heteroatoms. The lowest BCUT2D eigenvalue weighted by Crippen LogP contribution is -2.36. The first-order valence-corrected chi connectivity index (χ1v) is 9.76. The number of carbonyl (C=O) groups excluding carboxylic acids is 1. The van der Waals surface area contributed by atoms with E-state index >= 15 is 0 Å². The van der Waals surface area contributed by atoms with Crippen molar-refractivity contribution >= 4 is 11.6 Å². The van der Waals surface area contributed by atoms with Gasteiger partial charge in [-0.25, -0.2) is 0 Å². The molecule has 0 saturated heterocycles. The number of carbonyl (C=O) groups is 1. The van der Waals surface area contributed by atoms with Crippen LogP contribution in [0.2, 0.25) is 0 Å². The Morgan fingerprint density at radius 1 is 1.14 bits per heavy atom. The zero-order valence-corrected chi connectivity index (χ0v) is 17.2. The fourth-order valence-corrected chi connectivity index (χ4v) is 3.66. The maximum atomic E-state index is 12.9. The summed E-state index contributed by atoms with van der Waals surface area (Å²) in [6.45, 7) is 3.17. The van der Waals surface area contributed by atoms with E-state index < -0.39 is 0 Å². The number of amides is 1. The van der Waals surface area contributed by atoms with Gasteiger partial charge in [-0.3, -0.25) is 4.79 Å². The molecule has 0 aliphatic carbocycles. The highest BCUT2D eigenvalue weighted by Crippen LogP contribution is 2.38. The lowest BCUT2D eigenvalue weighted by Gasteiger charge is -2.32. The highest BCUT2D eigenvalue weighted by Gasteiger charge is 2.26. The summed E-state index contributed by atoms with van der Waals surface area (Å²) in [5.41, 5.74) is 3.81. The third-order valence-electron chi connectivity index (χ3n) is 5.16. The number of ether oxygens (including phenoxy) is 3. The highest BCUT2D eigenvalue weighted by atomic mass is 16.5. The third-order valence-corrected chi connectivity index (χ3v) is 5.16. The molecule has 0 fully saturated rings. The first-order valence-electron chi connectivity index (χ1n) is 9.76. The van der Waals surface area contributed by atoms with Crippen molar-refractivity contribution in [1.82, 2.24) is 0 Å². The minimum atomic E-state index is 0.0743. The summed E-state index contributed by atoms with van der Waals surface area (Å²) in [7, 11) is 3.18. The second-order valence-corrected chi connectivity index (χ2v) is 6.99. The molecule has 0 spiro atoms. The molecule has 29 heavy (non-hydrogen) atoms. The molecule has 0 N–H and O–H groups in total. The number of benzene rings is 2. The average Bonchev–Trinajstić information content (AvgIpc) is 2.76. The Hall–Kier alpha value is -3.20. The van der Waals surface area contributed by atoms with E-state index in [0.717, 1.165) is 24.3 Å². The Morgan fingerprint density at radius 3 is 2.62 bits per heavy atom. The monoisotopic (exact) mass is 394 g/mol. The van der Waals surface area contributed by atoms with Gasteiger partial charge >= 0.3 is 0 Å². The Labute approximate surface area is 171 Å². The van der Waals surface area contributed by atoms with Gasteiger partial charge in [-0.15, -0.1) is 0 Å². The molecule has 2 aromatic carbocycles. The van der Waals surface area contributed by atoms with E-state index in [-0.39, 0.29) is 5.91 Å². The summed E-state index contributed by atoms with van der Waals surface area (Å²) in [5, 5.41) is 8.97. The summed E-state index contributed by atoms with van der Waals surface area (Å²) in [4.78, 5) is 14.8. The molecule has 1 aliphatic heterocycles. The van der Waals surface area contributed by atoms with Crippen molar-refractivity contribution in [3.05, 3.63) is 47.0 Å². The third kappa shape index (κ3) is 4.45. The zero-order valence-electron chi connectivity index (χ0n) is 17.2. The first-order chi connectivity index (χ1) is 14.1. The predicted molar refractivity (Wildman–Crippen MR) is 111 cm³/mol. The molecule has 1 amide bonds. The van der Waals surface area contributed by atoms with Crippen LogP contribution in [0.3, 0.4) is 0 Å². The molecule has 0 unspecified atom stereocenters. The van der Waals surface area contributed by atoms with Gasteiger partial charge in [-0.05, 0) is 55.5 Å². The van der Waals surface area contributed by atoms with Crippen LogP contribution in [0.5, 0.6) is 17.2 Å². The number of nitrogens with zero attached hydrogens (tertiary/aromatic N) is 2. The van der Waals surface area contributed by atoms with E-state index in [1.54, 1.807) is 25.3 Å². The average molecular weight is 394 g/mol. The fourth-order valence-electron chi connectivity index (χ4n) is 3.66. The number of aryl methyl sites for hydroxylation is 1. The summed E-state index contributed by atoms with van der Waals surface area (Å²) < 4.78 is 16.6. The lowest BCUT2D eigenvalue weighted by atomic mass is 9.96. The zero-order chi connectivity index (χ0) is 20.8. The molecule has 0 atom stereocenters. The molecular formula is C23H26N2O4. The molecule has 0 saturated carbocycles. The van der Waals surface area contributed by atoms with Crippen LogP contribution >= 0.6 is 0 Å². The van der Waals surface area contributed by atoms with Crippen molar-refractivity contribution in [3.8, 4) is 23.3 Å². The van der Waals surface area contributed by atoms with Crippen LogP contribution in [-0.4, -0.2) is 33.3 Å². The van der Waals surface area contributed by atoms with Crippen LogP contribution in [0, 0.1) is 18.3 Å². The molecular weight excluding hydrogens is 368 g/mol. The Kier molecular flexibility index (Phi) is 6.61.